The van der Waals surface area contributed by atoms with Crippen LogP contribution in [0.15, 0.2) is 24.3 Å². The first kappa shape index (κ1) is 8.86. The van der Waals surface area contributed by atoms with Crippen LogP contribution in [-0.4, -0.2) is 10.5 Å². The van der Waals surface area contributed by atoms with E-state index in [0.717, 1.165) is 0 Å². The minimum absolute atomic E-state index is 0.395. The normalized spacial score (nSPS) is 15.1. The van der Waals surface area contributed by atoms with Crippen molar-refractivity contribution in [3.8, 4) is 5.75 Å². The molecule has 5 heteroatoms. The summed E-state index contributed by atoms with van der Waals surface area (Å²) < 4.78 is 22.6. The van der Waals surface area contributed by atoms with E-state index in [1.165, 1.54) is 6.26 Å². The maximum Gasteiger partial charge on any atom is 0.200 e. The van der Waals surface area contributed by atoms with E-state index in [0.29, 0.717) is 11.4 Å². The highest BCUT2D eigenvalue weighted by molar-refractivity contribution is 7.87. The fourth-order valence-corrected chi connectivity index (χ4v) is 1.19. The molecule has 0 spiro atoms. The molecular weight excluding hydrogens is 176 g/mol. The van der Waals surface area contributed by atoms with Gasteiger partial charge in [-0.05, 0) is 24.3 Å². The van der Waals surface area contributed by atoms with Crippen molar-refractivity contribution in [1.82, 2.24) is 0 Å². The molecule has 66 valence electrons. The third kappa shape index (κ3) is 2.79. The zero-order valence-corrected chi connectivity index (χ0v) is 7.43. The molecule has 0 aromatic heterocycles. The summed E-state index contributed by atoms with van der Waals surface area (Å²) in [5, 5.41) is 0. The second-order valence-electron chi connectivity index (χ2n) is 2.42. The fourth-order valence-electron chi connectivity index (χ4n) is 0.707. The van der Waals surface area contributed by atoms with Crippen LogP contribution in [0.3, 0.4) is 0 Å². The zero-order chi connectivity index (χ0) is 9.19. The number of hydrogen-bond donors (Lipinski definition) is 2. The predicted octanol–water partition coefficient (Wildman–Crippen LogP) is 1.24. The number of benzene rings is 1. The van der Waals surface area contributed by atoms with E-state index in [9.17, 15) is 4.21 Å². The molecule has 1 atom stereocenters. The van der Waals surface area contributed by atoms with Crippen LogP contribution in [0.1, 0.15) is 0 Å². The lowest BCUT2D eigenvalue weighted by atomic mass is 10.3. The highest BCUT2D eigenvalue weighted by Crippen LogP contribution is 2.14. The van der Waals surface area contributed by atoms with Crippen LogP contribution >= 0.6 is 0 Å². The number of nitrogens with two attached hydrogens (primary N) is 1. The molecule has 0 fully saturated rings. The smallest absolute Gasteiger partial charge is 0.200 e. The first-order valence-corrected chi connectivity index (χ1v) is 5.15. The van der Waals surface area contributed by atoms with Gasteiger partial charge in [0.1, 0.15) is 5.75 Å². The van der Waals surface area contributed by atoms with Crippen LogP contribution in [0.25, 0.3) is 0 Å². The lowest BCUT2D eigenvalue weighted by Crippen LogP contribution is -2.03. The Labute approximate surface area is 71.5 Å². The van der Waals surface area contributed by atoms with Gasteiger partial charge in [-0.1, -0.05) is 0 Å². The van der Waals surface area contributed by atoms with Crippen molar-refractivity contribution < 1.29 is 8.39 Å². The fraction of sp³-hybridized carbons (Fsp3) is 0.143. The van der Waals surface area contributed by atoms with Gasteiger partial charge in [-0.3, -0.25) is 0 Å². The third-order valence-electron chi connectivity index (χ3n) is 1.14. The van der Waals surface area contributed by atoms with Crippen LogP contribution in [0, 0.1) is 4.78 Å². The van der Waals surface area contributed by atoms with Crippen molar-refractivity contribution in [3.05, 3.63) is 24.3 Å². The number of nitrogens with one attached hydrogen (secondary N) is 1. The van der Waals surface area contributed by atoms with E-state index in [4.69, 9.17) is 14.7 Å². The summed E-state index contributed by atoms with van der Waals surface area (Å²) >= 11 is 0. The van der Waals surface area contributed by atoms with Gasteiger partial charge < -0.3 is 9.92 Å². The van der Waals surface area contributed by atoms with Crippen LogP contribution in [0.2, 0.25) is 0 Å². The molecule has 1 rings (SSSR count). The summed E-state index contributed by atoms with van der Waals surface area (Å²) in [5.74, 6) is 0.395. The van der Waals surface area contributed by atoms with Crippen LogP contribution in [-0.2, 0) is 10.0 Å². The van der Waals surface area contributed by atoms with Crippen LogP contribution in [0.5, 0.6) is 5.75 Å². The number of rotatable bonds is 2. The molecule has 0 amide bonds. The largest absolute Gasteiger partial charge is 0.399 e. The van der Waals surface area contributed by atoms with Gasteiger partial charge >= 0.3 is 0 Å². The Morgan fingerprint density at radius 2 is 1.92 bits per heavy atom. The summed E-state index contributed by atoms with van der Waals surface area (Å²) in [5.41, 5.74) is 6.02. The van der Waals surface area contributed by atoms with E-state index in [-0.39, 0.29) is 0 Å². The molecular formula is C7H10N2O2S. The van der Waals surface area contributed by atoms with Gasteiger partial charge in [0.05, 0.1) is 6.26 Å². The number of hydrogen-bond acceptors (Lipinski definition) is 4. The van der Waals surface area contributed by atoms with E-state index < -0.39 is 10.0 Å². The first-order chi connectivity index (χ1) is 5.47. The number of anilines is 1. The Kier molecular flexibility index (Phi) is 2.23. The molecule has 0 bridgehead atoms. The monoisotopic (exact) mass is 186 g/mol. The van der Waals surface area contributed by atoms with E-state index >= 15 is 0 Å². The zero-order valence-electron chi connectivity index (χ0n) is 6.61. The molecule has 0 radical (unpaired) electrons. The topological polar surface area (TPSA) is 76.2 Å². The molecule has 12 heavy (non-hydrogen) atoms. The quantitative estimate of drug-likeness (QED) is 0.682. The second-order valence-corrected chi connectivity index (χ2v) is 4.14. The van der Waals surface area contributed by atoms with Crippen molar-refractivity contribution in [2.75, 3.05) is 12.0 Å². The molecule has 0 heterocycles. The maximum atomic E-state index is 10.9. The van der Waals surface area contributed by atoms with Crippen molar-refractivity contribution in [3.63, 3.8) is 0 Å². The van der Waals surface area contributed by atoms with Crippen molar-refractivity contribution in [1.29, 1.82) is 4.78 Å². The summed E-state index contributed by atoms with van der Waals surface area (Å²) in [4.78, 5) is 0. The van der Waals surface area contributed by atoms with Crippen LogP contribution in [0.4, 0.5) is 5.69 Å². The molecule has 0 aliphatic rings. The molecule has 3 N–H and O–H groups in total. The Bertz CT molecular complexity index is 355. The van der Waals surface area contributed by atoms with Gasteiger partial charge in [0.2, 0.25) is 0 Å². The van der Waals surface area contributed by atoms with Crippen LogP contribution < -0.4 is 9.92 Å². The molecule has 4 nitrogen and oxygen atoms in total. The lowest BCUT2D eigenvalue weighted by molar-refractivity contribution is 0.554. The summed E-state index contributed by atoms with van der Waals surface area (Å²) in [6.07, 6.45) is 1.21. The van der Waals surface area contributed by atoms with E-state index in [2.05, 4.69) is 0 Å². The third-order valence-corrected chi connectivity index (χ3v) is 1.65. The van der Waals surface area contributed by atoms with Crippen molar-refractivity contribution in [2.45, 2.75) is 0 Å². The van der Waals surface area contributed by atoms with Gasteiger partial charge in [0.15, 0.2) is 10.0 Å². The first-order valence-electron chi connectivity index (χ1n) is 3.26. The molecule has 1 unspecified atom stereocenters. The average molecular weight is 186 g/mol. The molecule has 1 aromatic carbocycles. The van der Waals surface area contributed by atoms with E-state index in [1.54, 1.807) is 24.3 Å². The Morgan fingerprint density at radius 1 is 1.42 bits per heavy atom. The van der Waals surface area contributed by atoms with E-state index in [1.807, 2.05) is 0 Å². The molecule has 0 saturated carbocycles. The summed E-state index contributed by atoms with van der Waals surface area (Å²) in [7, 11) is -2.93. The standard InChI is InChI=1S/C7H10N2O2S/c1-12(9,10)11-7-4-2-6(8)3-5-7/h2-5,9H,8H2,1H3. The Hall–Kier alpha value is -1.23. The second kappa shape index (κ2) is 3.02. The highest BCUT2D eigenvalue weighted by Gasteiger charge is 1.98. The molecule has 0 saturated heterocycles. The van der Waals surface area contributed by atoms with Gasteiger partial charge in [0, 0.05) is 5.69 Å². The Balaban J connectivity index is 2.85. The molecule has 1 aromatic rings. The summed E-state index contributed by atoms with van der Waals surface area (Å²) in [6.45, 7) is 0. The highest BCUT2D eigenvalue weighted by atomic mass is 32.2. The summed E-state index contributed by atoms with van der Waals surface area (Å²) in [6, 6.07) is 6.40. The maximum absolute atomic E-state index is 10.9. The predicted molar refractivity (Wildman–Crippen MR) is 48.3 cm³/mol. The van der Waals surface area contributed by atoms with Crippen molar-refractivity contribution >= 4 is 15.7 Å². The average Bonchev–Trinajstić information content (AvgIpc) is 1.91. The van der Waals surface area contributed by atoms with Gasteiger partial charge in [0.25, 0.3) is 0 Å². The minimum atomic E-state index is -2.93. The molecule has 0 aliphatic carbocycles. The number of nitrogen functional groups attached to an aromatic ring is 1. The van der Waals surface area contributed by atoms with Gasteiger partial charge in [-0.15, -0.1) is 0 Å². The molecule has 0 aliphatic heterocycles. The SMILES string of the molecule is CS(=N)(=O)Oc1ccc(N)cc1. The minimum Gasteiger partial charge on any atom is -0.399 e. The van der Waals surface area contributed by atoms with Gasteiger partial charge in [-0.2, -0.15) is 0 Å². The van der Waals surface area contributed by atoms with Crippen molar-refractivity contribution in [2.24, 2.45) is 0 Å². The lowest BCUT2D eigenvalue weighted by Gasteiger charge is -2.04. The Morgan fingerprint density at radius 3 is 2.33 bits per heavy atom. The van der Waals surface area contributed by atoms with Gasteiger partial charge in [-0.25, -0.2) is 8.99 Å².